The number of carbonyl (C=O) groups excluding carboxylic acids is 2. The summed E-state index contributed by atoms with van der Waals surface area (Å²) in [5.74, 6) is 1.73. The van der Waals surface area contributed by atoms with Crippen molar-refractivity contribution in [3.05, 3.63) is 95.1 Å². The molecule has 1 atom stereocenters. The quantitative estimate of drug-likeness (QED) is 0.190. The molecule has 212 valence electrons. The van der Waals surface area contributed by atoms with E-state index < -0.39 is 0 Å². The minimum atomic E-state index is -0.0241. The maximum atomic E-state index is 13.1. The molecule has 3 aromatic carbocycles. The number of piperazine rings is 1. The Kier molecular flexibility index (Phi) is 8.88. The SMILES string of the molecule is Cc1ccc(C(=O)N2CCN(C(=O)CCCSc3nnc(-c4ccc(C)cc4)n3-c3cccc(C)c3)CC2C)cc1. The number of nitrogens with zero attached hydrogens (tertiary/aromatic N) is 5. The minimum Gasteiger partial charge on any atom is -0.339 e. The molecule has 1 aliphatic heterocycles. The van der Waals surface area contributed by atoms with E-state index in [0.29, 0.717) is 31.6 Å². The van der Waals surface area contributed by atoms with Crippen LogP contribution < -0.4 is 0 Å². The van der Waals surface area contributed by atoms with Gasteiger partial charge in [0.2, 0.25) is 5.91 Å². The Labute approximate surface area is 246 Å². The van der Waals surface area contributed by atoms with Gasteiger partial charge in [0, 0.05) is 54.7 Å². The number of aromatic nitrogens is 3. The summed E-state index contributed by atoms with van der Waals surface area (Å²) in [6.07, 6.45) is 1.20. The number of aryl methyl sites for hydroxylation is 3. The van der Waals surface area contributed by atoms with Crippen molar-refractivity contribution < 1.29 is 9.59 Å². The van der Waals surface area contributed by atoms with Crippen molar-refractivity contribution in [3.63, 3.8) is 0 Å². The number of amides is 2. The lowest BCUT2D eigenvalue weighted by Crippen LogP contribution is -2.55. The molecular formula is C33H37N5O2S. The highest BCUT2D eigenvalue weighted by Crippen LogP contribution is 2.29. The van der Waals surface area contributed by atoms with E-state index in [0.717, 1.165) is 40.0 Å². The van der Waals surface area contributed by atoms with E-state index in [4.69, 9.17) is 0 Å². The summed E-state index contributed by atoms with van der Waals surface area (Å²) in [5.41, 5.74) is 6.23. The molecule has 1 aliphatic rings. The van der Waals surface area contributed by atoms with Gasteiger partial charge in [-0.05, 0) is 63.9 Å². The Balaban J connectivity index is 1.18. The van der Waals surface area contributed by atoms with E-state index in [2.05, 4.69) is 71.1 Å². The first kappa shape index (κ1) is 28.6. The predicted octanol–water partition coefficient (Wildman–Crippen LogP) is 6.10. The first-order valence-corrected chi connectivity index (χ1v) is 15.2. The zero-order valence-electron chi connectivity index (χ0n) is 24.2. The second kappa shape index (κ2) is 12.7. The molecule has 0 N–H and O–H groups in total. The van der Waals surface area contributed by atoms with Crippen molar-refractivity contribution in [2.24, 2.45) is 0 Å². The van der Waals surface area contributed by atoms with E-state index >= 15 is 0 Å². The maximum Gasteiger partial charge on any atom is 0.254 e. The van der Waals surface area contributed by atoms with E-state index in [9.17, 15) is 9.59 Å². The fraction of sp³-hybridized carbons (Fsp3) is 0.333. The molecule has 2 heterocycles. The van der Waals surface area contributed by atoms with Gasteiger partial charge in [0.1, 0.15) is 0 Å². The van der Waals surface area contributed by atoms with Crippen molar-refractivity contribution in [1.29, 1.82) is 0 Å². The Morgan fingerprint density at radius 2 is 1.59 bits per heavy atom. The molecule has 1 aromatic heterocycles. The minimum absolute atomic E-state index is 0.0241. The molecule has 7 nitrogen and oxygen atoms in total. The van der Waals surface area contributed by atoms with Gasteiger partial charge in [-0.1, -0.05) is 71.4 Å². The van der Waals surface area contributed by atoms with E-state index in [1.807, 2.05) is 54.0 Å². The summed E-state index contributed by atoms with van der Waals surface area (Å²) in [4.78, 5) is 29.9. The average Bonchev–Trinajstić information content (AvgIpc) is 3.39. The summed E-state index contributed by atoms with van der Waals surface area (Å²) in [5, 5.41) is 9.90. The van der Waals surface area contributed by atoms with Crippen molar-refractivity contribution in [2.45, 2.75) is 51.7 Å². The van der Waals surface area contributed by atoms with Crippen molar-refractivity contribution >= 4 is 23.6 Å². The standard InChI is InChI=1S/C33H37N5O2S/c1-23-10-14-27(15-11-23)31-34-35-33(38(31)29-8-5-7-25(3)21-29)41-20-6-9-30(39)36-18-19-37(26(4)22-36)32(40)28-16-12-24(2)13-17-28/h5,7-8,10-17,21,26H,6,9,18-20,22H2,1-4H3. The second-order valence-corrected chi connectivity index (χ2v) is 11.9. The lowest BCUT2D eigenvalue weighted by molar-refractivity contribution is -0.133. The third-order valence-electron chi connectivity index (χ3n) is 7.51. The van der Waals surface area contributed by atoms with Crippen LogP contribution in [0.15, 0.2) is 78.0 Å². The van der Waals surface area contributed by atoms with E-state index in [1.165, 1.54) is 11.1 Å². The molecule has 0 spiro atoms. The number of thioether (sulfide) groups is 1. The lowest BCUT2D eigenvalue weighted by Gasteiger charge is -2.40. The molecule has 0 saturated carbocycles. The smallest absolute Gasteiger partial charge is 0.254 e. The molecule has 1 fully saturated rings. The largest absolute Gasteiger partial charge is 0.339 e. The highest BCUT2D eigenvalue weighted by Gasteiger charge is 2.30. The van der Waals surface area contributed by atoms with E-state index in [1.54, 1.807) is 11.8 Å². The lowest BCUT2D eigenvalue weighted by atomic mass is 10.1. The normalized spacial score (nSPS) is 15.3. The molecule has 0 aliphatic carbocycles. The van der Waals surface area contributed by atoms with Crippen molar-refractivity contribution in [1.82, 2.24) is 24.6 Å². The van der Waals surface area contributed by atoms with Crippen molar-refractivity contribution in [3.8, 4) is 17.1 Å². The van der Waals surface area contributed by atoms with E-state index in [-0.39, 0.29) is 17.9 Å². The van der Waals surface area contributed by atoms with Gasteiger partial charge in [0.25, 0.3) is 5.91 Å². The number of hydrogen-bond donors (Lipinski definition) is 0. The zero-order valence-corrected chi connectivity index (χ0v) is 25.0. The van der Waals surface area contributed by atoms with Crippen LogP contribution in [0.5, 0.6) is 0 Å². The molecule has 2 amide bonds. The molecule has 5 rings (SSSR count). The molecule has 1 unspecified atom stereocenters. The van der Waals surface area contributed by atoms with Crippen LogP contribution in [0.1, 0.15) is 46.8 Å². The van der Waals surface area contributed by atoms with Gasteiger partial charge in [0.05, 0.1) is 0 Å². The molecule has 0 bridgehead atoms. The molecular weight excluding hydrogens is 530 g/mol. The Hall–Kier alpha value is -3.91. The summed E-state index contributed by atoms with van der Waals surface area (Å²) in [6.45, 7) is 9.86. The van der Waals surface area contributed by atoms with Crippen LogP contribution in [0.4, 0.5) is 0 Å². The number of carbonyl (C=O) groups is 2. The van der Waals surface area contributed by atoms with Crippen molar-refractivity contribution in [2.75, 3.05) is 25.4 Å². The first-order valence-electron chi connectivity index (χ1n) is 14.2. The van der Waals surface area contributed by atoms with Gasteiger partial charge < -0.3 is 9.80 Å². The van der Waals surface area contributed by atoms with Gasteiger partial charge in [-0.2, -0.15) is 0 Å². The van der Waals surface area contributed by atoms with Gasteiger partial charge >= 0.3 is 0 Å². The Morgan fingerprint density at radius 3 is 2.27 bits per heavy atom. The van der Waals surface area contributed by atoms with Gasteiger partial charge in [-0.25, -0.2) is 0 Å². The van der Waals surface area contributed by atoms with Crippen LogP contribution in [-0.2, 0) is 4.79 Å². The summed E-state index contributed by atoms with van der Waals surface area (Å²) < 4.78 is 2.11. The molecule has 41 heavy (non-hydrogen) atoms. The number of hydrogen-bond acceptors (Lipinski definition) is 5. The molecule has 4 aromatic rings. The topological polar surface area (TPSA) is 71.3 Å². The fourth-order valence-corrected chi connectivity index (χ4v) is 6.04. The van der Waals surface area contributed by atoms with Crippen LogP contribution in [0, 0.1) is 20.8 Å². The third-order valence-corrected chi connectivity index (χ3v) is 8.52. The van der Waals surface area contributed by atoms with Crippen LogP contribution in [-0.4, -0.2) is 67.8 Å². The van der Waals surface area contributed by atoms with Crippen LogP contribution in [0.25, 0.3) is 17.1 Å². The van der Waals surface area contributed by atoms with Crippen LogP contribution in [0.3, 0.4) is 0 Å². The number of rotatable bonds is 8. The second-order valence-electron chi connectivity index (χ2n) is 10.9. The molecule has 0 radical (unpaired) electrons. The first-order chi connectivity index (χ1) is 19.8. The predicted molar refractivity (Wildman–Crippen MR) is 164 cm³/mol. The highest BCUT2D eigenvalue weighted by molar-refractivity contribution is 7.99. The van der Waals surface area contributed by atoms with Gasteiger partial charge in [0.15, 0.2) is 11.0 Å². The number of benzene rings is 3. The van der Waals surface area contributed by atoms with Crippen LogP contribution in [0.2, 0.25) is 0 Å². The van der Waals surface area contributed by atoms with Gasteiger partial charge in [-0.3, -0.25) is 14.2 Å². The Morgan fingerprint density at radius 1 is 0.878 bits per heavy atom. The Bertz CT molecular complexity index is 1510. The summed E-state index contributed by atoms with van der Waals surface area (Å²) >= 11 is 1.62. The highest BCUT2D eigenvalue weighted by atomic mass is 32.2. The third kappa shape index (κ3) is 6.70. The average molecular weight is 568 g/mol. The molecule has 8 heteroatoms. The fourth-order valence-electron chi connectivity index (χ4n) is 5.15. The summed E-state index contributed by atoms with van der Waals surface area (Å²) in [7, 11) is 0. The van der Waals surface area contributed by atoms with Crippen LogP contribution >= 0.6 is 11.8 Å². The summed E-state index contributed by atoms with van der Waals surface area (Å²) in [6, 6.07) is 24.3. The van der Waals surface area contributed by atoms with Gasteiger partial charge in [-0.15, -0.1) is 10.2 Å². The maximum absolute atomic E-state index is 13.1. The molecule has 1 saturated heterocycles. The monoisotopic (exact) mass is 567 g/mol. The zero-order chi connectivity index (χ0) is 28.9.